The molecule has 2 bridgehead atoms. The summed E-state index contributed by atoms with van der Waals surface area (Å²) >= 11 is 0. The molecule has 1 saturated carbocycles. The molecule has 2 aliphatic rings. The number of methoxy groups -OCH3 is 2. The van der Waals surface area contributed by atoms with E-state index in [1.54, 1.807) is 10.6 Å². The Labute approximate surface area is 178 Å². The molecule has 2 aromatic heterocycles. The highest BCUT2D eigenvalue weighted by atomic mass is 19.1. The minimum absolute atomic E-state index is 0.0712. The van der Waals surface area contributed by atoms with Crippen molar-refractivity contribution in [2.24, 2.45) is 0 Å². The molecule has 1 amide bonds. The molecule has 8 nitrogen and oxygen atoms in total. The smallest absolute Gasteiger partial charge is 0.260 e. The van der Waals surface area contributed by atoms with E-state index >= 15 is 0 Å². The zero-order valence-electron chi connectivity index (χ0n) is 17.6. The normalized spacial score (nSPS) is 24.5. The van der Waals surface area contributed by atoms with Crippen molar-refractivity contribution in [1.29, 1.82) is 0 Å². The quantitative estimate of drug-likeness (QED) is 0.673. The highest BCUT2D eigenvalue weighted by molar-refractivity contribution is 6.05. The summed E-state index contributed by atoms with van der Waals surface area (Å²) < 4.78 is 32.2. The molecule has 0 spiro atoms. The number of hydrogen-bond donors (Lipinski definition) is 1. The lowest BCUT2D eigenvalue weighted by atomic mass is 9.84. The molecule has 2 atom stereocenters. The predicted octanol–water partition coefficient (Wildman–Crippen LogP) is 3.35. The van der Waals surface area contributed by atoms with E-state index in [0.29, 0.717) is 12.3 Å². The van der Waals surface area contributed by atoms with Crippen LogP contribution in [0.1, 0.15) is 42.2 Å². The van der Waals surface area contributed by atoms with Crippen LogP contribution in [0.15, 0.2) is 30.6 Å². The van der Waals surface area contributed by atoms with Gasteiger partial charge in [-0.15, -0.1) is 0 Å². The Morgan fingerprint density at radius 3 is 2.71 bits per heavy atom. The second-order valence-electron chi connectivity index (χ2n) is 8.46. The topological polar surface area (TPSA) is 87.0 Å². The van der Waals surface area contributed by atoms with E-state index in [2.05, 4.69) is 17.2 Å². The molecule has 162 valence electrons. The van der Waals surface area contributed by atoms with Gasteiger partial charge >= 0.3 is 0 Å². The van der Waals surface area contributed by atoms with Crippen molar-refractivity contribution in [2.45, 2.75) is 37.2 Å². The van der Waals surface area contributed by atoms with Gasteiger partial charge in [-0.3, -0.25) is 9.20 Å². The SMILES string of the molecule is COc1c(F)cccc1C(=O)Nc1cn2cc(C34CCC(C)(C3)OC4)nc2c(OC)n1. The maximum atomic E-state index is 14.0. The van der Waals surface area contributed by atoms with Gasteiger partial charge in [0, 0.05) is 11.6 Å². The Balaban J connectivity index is 1.50. The number of ether oxygens (including phenoxy) is 3. The van der Waals surface area contributed by atoms with Crippen molar-refractivity contribution >= 4 is 17.4 Å². The van der Waals surface area contributed by atoms with Gasteiger partial charge < -0.3 is 19.5 Å². The van der Waals surface area contributed by atoms with Crippen LogP contribution in [-0.4, -0.2) is 46.7 Å². The maximum absolute atomic E-state index is 14.0. The zero-order valence-corrected chi connectivity index (χ0v) is 17.6. The first-order valence-electron chi connectivity index (χ1n) is 10.1. The van der Waals surface area contributed by atoms with Crippen molar-refractivity contribution in [3.8, 4) is 11.6 Å². The highest BCUT2D eigenvalue weighted by Gasteiger charge is 2.55. The van der Waals surface area contributed by atoms with Crippen molar-refractivity contribution in [3.63, 3.8) is 0 Å². The molecule has 2 unspecified atom stereocenters. The molecule has 2 fully saturated rings. The molecule has 3 aromatic rings. The molecule has 0 radical (unpaired) electrons. The van der Waals surface area contributed by atoms with Crippen LogP contribution in [0.25, 0.3) is 5.65 Å². The van der Waals surface area contributed by atoms with E-state index in [9.17, 15) is 9.18 Å². The van der Waals surface area contributed by atoms with Crippen molar-refractivity contribution in [2.75, 3.05) is 26.1 Å². The average Bonchev–Trinajstić information content (AvgIpc) is 3.44. The third kappa shape index (κ3) is 3.11. The molecule has 31 heavy (non-hydrogen) atoms. The standard InChI is InChI=1S/C22H23FN4O4/c1-21-7-8-22(11-21,12-31-21)15-9-27-10-16(26-20(30-3)18(27)24-15)25-19(28)13-5-4-6-14(23)17(13)29-2/h4-6,9-10H,7-8,11-12H2,1-3H3,(H,25,28). The van der Waals surface area contributed by atoms with Gasteiger partial charge in [0.25, 0.3) is 11.8 Å². The molecule has 1 saturated heterocycles. The van der Waals surface area contributed by atoms with Crippen LogP contribution >= 0.6 is 0 Å². The van der Waals surface area contributed by atoms with E-state index in [0.717, 1.165) is 25.0 Å². The summed E-state index contributed by atoms with van der Waals surface area (Å²) in [4.78, 5) is 21.9. The minimum atomic E-state index is -0.614. The molecule has 1 aliphatic heterocycles. The second kappa shape index (κ2) is 6.91. The van der Waals surface area contributed by atoms with Crippen LogP contribution in [0.2, 0.25) is 0 Å². The largest absolute Gasteiger partial charge is 0.493 e. The lowest BCUT2D eigenvalue weighted by Crippen LogP contribution is -2.26. The number of aromatic nitrogens is 3. The number of fused-ring (bicyclic) bond motifs is 3. The summed E-state index contributed by atoms with van der Waals surface area (Å²) in [6.07, 6.45) is 6.57. The highest BCUT2D eigenvalue weighted by Crippen LogP contribution is 2.53. The zero-order chi connectivity index (χ0) is 21.8. The molecular weight excluding hydrogens is 403 g/mol. The van der Waals surface area contributed by atoms with Gasteiger partial charge in [0.1, 0.15) is 0 Å². The number of anilines is 1. The van der Waals surface area contributed by atoms with E-state index in [4.69, 9.17) is 19.2 Å². The molecule has 9 heteroatoms. The fraction of sp³-hybridized carbons (Fsp3) is 0.409. The summed E-state index contributed by atoms with van der Waals surface area (Å²) in [5.41, 5.74) is 1.38. The molecule has 1 N–H and O–H groups in total. The number of carbonyl (C=O) groups is 1. The van der Waals surface area contributed by atoms with Crippen molar-refractivity contribution < 1.29 is 23.4 Å². The Kier molecular flexibility index (Phi) is 4.40. The second-order valence-corrected chi connectivity index (χ2v) is 8.46. The third-order valence-corrected chi connectivity index (χ3v) is 6.34. The summed E-state index contributed by atoms with van der Waals surface area (Å²) in [5, 5.41) is 2.69. The Morgan fingerprint density at radius 1 is 1.23 bits per heavy atom. The van der Waals surface area contributed by atoms with Crippen LogP contribution < -0.4 is 14.8 Å². The fourth-order valence-corrected chi connectivity index (χ4v) is 4.75. The molecule has 1 aliphatic carbocycles. The first-order chi connectivity index (χ1) is 14.9. The van der Waals surface area contributed by atoms with Gasteiger partial charge in [0.15, 0.2) is 17.4 Å². The number of nitrogens with one attached hydrogen (secondary N) is 1. The van der Waals surface area contributed by atoms with Gasteiger partial charge in [0.05, 0.1) is 43.9 Å². The predicted molar refractivity (Wildman–Crippen MR) is 110 cm³/mol. The number of hydrogen-bond acceptors (Lipinski definition) is 6. The van der Waals surface area contributed by atoms with Gasteiger partial charge in [-0.2, -0.15) is 4.98 Å². The van der Waals surface area contributed by atoms with E-state index < -0.39 is 11.7 Å². The van der Waals surface area contributed by atoms with Crippen LogP contribution in [0.3, 0.4) is 0 Å². The maximum Gasteiger partial charge on any atom is 0.260 e. The number of para-hydroxylation sites is 1. The number of benzene rings is 1. The summed E-state index contributed by atoms with van der Waals surface area (Å²) in [6, 6.07) is 4.17. The minimum Gasteiger partial charge on any atom is -0.493 e. The third-order valence-electron chi connectivity index (χ3n) is 6.34. The lowest BCUT2D eigenvalue weighted by molar-refractivity contribution is -0.00627. The number of imidazole rings is 1. The van der Waals surface area contributed by atoms with E-state index in [-0.39, 0.29) is 34.0 Å². The first kappa shape index (κ1) is 19.7. The fourth-order valence-electron chi connectivity index (χ4n) is 4.75. The van der Waals surface area contributed by atoms with Crippen LogP contribution in [-0.2, 0) is 10.2 Å². The van der Waals surface area contributed by atoms with Gasteiger partial charge in [-0.05, 0) is 38.3 Å². The molecule has 3 heterocycles. The van der Waals surface area contributed by atoms with Gasteiger partial charge in [-0.25, -0.2) is 9.37 Å². The van der Waals surface area contributed by atoms with Gasteiger partial charge in [-0.1, -0.05) is 6.07 Å². The number of rotatable bonds is 5. The summed E-state index contributed by atoms with van der Waals surface area (Å²) in [5.74, 6) is -0.744. The van der Waals surface area contributed by atoms with E-state index in [1.165, 1.54) is 32.4 Å². The van der Waals surface area contributed by atoms with Crippen LogP contribution in [0.4, 0.5) is 10.2 Å². The van der Waals surface area contributed by atoms with Crippen molar-refractivity contribution in [1.82, 2.24) is 14.4 Å². The lowest BCUT2D eigenvalue weighted by Gasteiger charge is -2.24. The number of halogens is 1. The summed E-state index contributed by atoms with van der Waals surface area (Å²) in [7, 11) is 2.82. The monoisotopic (exact) mass is 426 g/mol. The Bertz CT molecular complexity index is 1180. The van der Waals surface area contributed by atoms with Crippen LogP contribution in [0.5, 0.6) is 11.6 Å². The van der Waals surface area contributed by atoms with Crippen LogP contribution in [0, 0.1) is 5.82 Å². The van der Waals surface area contributed by atoms with Gasteiger partial charge in [0.2, 0.25) is 5.65 Å². The van der Waals surface area contributed by atoms with Crippen molar-refractivity contribution in [3.05, 3.63) is 47.7 Å². The first-order valence-corrected chi connectivity index (χ1v) is 10.1. The summed E-state index contributed by atoms with van der Waals surface area (Å²) in [6.45, 7) is 2.79. The van der Waals surface area contributed by atoms with E-state index in [1.807, 2.05) is 6.20 Å². The average molecular weight is 426 g/mol. The molecule has 1 aromatic carbocycles. The number of nitrogens with zero attached hydrogens (tertiary/aromatic N) is 3. The number of carbonyl (C=O) groups excluding carboxylic acids is 1. The Morgan fingerprint density at radius 2 is 2.06 bits per heavy atom. The molecule has 5 rings (SSSR count). The Hall–Kier alpha value is -3.20. The molecular formula is C22H23FN4O4. The number of amides is 1.